The van der Waals surface area contributed by atoms with Crippen molar-refractivity contribution in [2.75, 3.05) is 5.43 Å². The molecule has 0 radical (unpaired) electrons. The predicted molar refractivity (Wildman–Crippen MR) is 78.4 cm³/mol. The molecule has 0 aromatic heterocycles. The number of hydrogen-bond acceptors (Lipinski definition) is 6. The van der Waals surface area contributed by atoms with Crippen molar-refractivity contribution in [3.05, 3.63) is 50.1 Å². The third-order valence-corrected chi connectivity index (χ3v) is 3.22. The van der Waals surface area contributed by atoms with Crippen LogP contribution in [0.2, 0.25) is 0 Å². The molecule has 1 aliphatic carbocycles. The van der Waals surface area contributed by atoms with Crippen LogP contribution in [0, 0.1) is 20.2 Å². The summed E-state index contributed by atoms with van der Waals surface area (Å²) in [5.41, 5.74) is 3.97. The van der Waals surface area contributed by atoms with Crippen molar-refractivity contribution in [3.63, 3.8) is 0 Å². The first-order valence-corrected chi connectivity index (χ1v) is 6.41. The van der Waals surface area contributed by atoms with Crippen LogP contribution in [0.15, 0.2) is 34.9 Å². The predicted octanol–water partition coefficient (Wildman–Crippen LogP) is 3.40. The largest absolute Gasteiger partial charge is 0.301 e. The molecule has 1 aromatic rings. The van der Waals surface area contributed by atoms with E-state index in [4.69, 9.17) is 0 Å². The lowest BCUT2D eigenvalue weighted by molar-refractivity contribution is -0.393. The fourth-order valence-electron chi connectivity index (χ4n) is 2.05. The van der Waals surface area contributed by atoms with Crippen LogP contribution in [0.25, 0.3) is 0 Å². The fourth-order valence-corrected chi connectivity index (χ4v) is 2.05. The molecule has 1 N–H and O–H groups in total. The summed E-state index contributed by atoms with van der Waals surface area (Å²) in [5.74, 6) is 0. The summed E-state index contributed by atoms with van der Waals surface area (Å²) in [5, 5.41) is 25.8. The van der Waals surface area contributed by atoms with Gasteiger partial charge in [0.2, 0.25) is 0 Å². The first-order chi connectivity index (χ1) is 9.99. The zero-order valence-corrected chi connectivity index (χ0v) is 11.4. The van der Waals surface area contributed by atoms with Gasteiger partial charge in [-0.15, -0.1) is 0 Å². The number of non-ortho nitro benzene ring substituents is 1. The fraction of sp³-hybridized carbons (Fsp3) is 0.308. The molecule has 110 valence electrons. The Labute approximate surface area is 120 Å². The van der Waals surface area contributed by atoms with Crippen LogP contribution >= 0.6 is 0 Å². The Kier molecular flexibility index (Phi) is 4.27. The first-order valence-electron chi connectivity index (χ1n) is 6.41. The van der Waals surface area contributed by atoms with Gasteiger partial charge in [-0.05, 0) is 37.8 Å². The third kappa shape index (κ3) is 3.41. The molecule has 8 heteroatoms. The van der Waals surface area contributed by atoms with Gasteiger partial charge in [0.1, 0.15) is 5.69 Å². The van der Waals surface area contributed by atoms with Gasteiger partial charge in [0.25, 0.3) is 5.69 Å². The Hall–Kier alpha value is -2.77. The first kappa shape index (κ1) is 14.6. The number of nitrogens with one attached hydrogen (secondary N) is 1. The molecule has 0 fully saturated rings. The molecule has 1 aliphatic rings. The van der Waals surface area contributed by atoms with Gasteiger partial charge in [0.05, 0.1) is 21.6 Å². The van der Waals surface area contributed by atoms with Crippen molar-refractivity contribution in [3.8, 4) is 0 Å². The van der Waals surface area contributed by atoms with E-state index in [2.05, 4.69) is 16.6 Å². The number of nitro groups is 2. The number of benzene rings is 1. The topological polar surface area (TPSA) is 111 Å². The molecule has 8 nitrogen and oxygen atoms in total. The van der Waals surface area contributed by atoms with Crippen LogP contribution in [0.5, 0.6) is 0 Å². The minimum absolute atomic E-state index is 0.136. The minimum atomic E-state index is -0.670. The molecule has 21 heavy (non-hydrogen) atoms. The van der Waals surface area contributed by atoms with Gasteiger partial charge in [0, 0.05) is 6.07 Å². The summed E-state index contributed by atoms with van der Waals surface area (Å²) >= 11 is 0. The number of hydrazone groups is 1. The number of rotatable bonds is 4. The van der Waals surface area contributed by atoms with E-state index in [0.717, 1.165) is 36.6 Å². The maximum atomic E-state index is 11.0. The zero-order valence-electron chi connectivity index (χ0n) is 11.4. The highest BCUT2D eigenvalue weighted by Gasteiger charge is 2.19. The van der Waals surface area contributed by atoms with Crippen molar-refractivity contribution in [1.29, 1.82) is 0 Å². The maximum absolute atomic E-state index is 11.0. The Balaban J connectivity index is 2.29. The van der Waals surface area contributed by atoms with Crippen molar-refractivity contribution >= 4 is 22.8 Å². The van der Waals surface area contributed by atoms with E-state index in [-0.39, 0.29) is 17.1 Å². The number of anilines is 1. The Bertz CT molecular complexity index is 652. The molecule has 0 amide bonds. The molecular formula is C13H14N4O4. The van der Waals surface area contributed by atoms with E-state index in [1.165, 1.54) is 12.1 Å². The summed E-state index contributed by atoms with van der Waals surface area (Å²) in [6.45, 7) is 1.93. The quantitative estimate of drug-likeness (QED) is 0.674. The van der Waals surface area contributed by atoms with Crippen molar-refractivity contribution in [2.45, 2.75) is 26.2 Å². The van der Waals surface area contributed by atoms with Gasteiger partial charge >= 0.3 is 5.69 Å². The van der Waals surface area contributed by atoms with Gasteiger partial charge in [-0.25, -0.2) is 0 Å². The molecular weight excluding hydrogens is 276 g/mol. The molecule has 0 spiro atoms. The smallest absolute Gasteiger partial charge is 0.271 e. The molecule has 0 heterocycles. The lowest BCUT2D eigenvalue weighted by atomic mass is 9.99. The number of nitrogens with zero attached hydrogens (tertiary/aromatic N) is 3. The second-order valence-electron chi connectivity index (χ2n) is 4.67. The highest BCUT2D eigenvalue weighted by Crippen LogP contribution is 2.29. The van der Waals surface area contributed by atoms with E-state index < -0.39 is 9.85 Å². The van der Waals surface area contributed by atoms with Crippen molar-refractivity contribution in [2.24, 2.45) is 5.10 Å². The van der Waals surface area contributed by atoms with Gasteiger partial charge in [-0.3, -0.25) is 25.7 Å². The SMILES string of the molecule is CC1=CCCC/C1=N/Nc1ccc([N+](=O)[O-])cc1[N+](=O)[O-]. The molecule has 0 saturated carbocycles. The standard InChI is InChI=1S/C13H14N4O4/c1-9-4-2-3-5-11(9)14-15-12-7-6-10(16(18)19)8-13(12)17(20)21/h4,6-8,15H,2-3,5H2,1H3/b14-11-. The van der Waals surface area contributed by atoms with E-state index in [1.807, 2.05) is 6.92 Å². The molecule has 0 unspecified atom stereocenters. The molecule has 0 atom stereocenters. The number of hydrogen-bond donors (Lipinski definition) is 1. The van der Waals surface area contributed by atoms with E-state index in [1.54, 1.807) is 0 Å². The highest BCUT2D eigenvalue weighted by atomic mass is 16.6. The summed E-state index contributed by atoms with van der Waals surface area (Å²) in [6.07, 6.45) is 4.85. The van der Waals surface area contributed by atoms with Crippen molar-refractivity contribution in [1.82, 2.24) is 0 Å². The molecule has 1 aromatic carbocycles. The zero-order chi connectivity index (χ0) is 15.4. The van der Waals surface area contributed by atoms with E-state index >= 15 is 0 Å². The van der Waals surface area contributed by atoms with Crippen LogP contribution in [-0.2, 0) is 0 Å². The average molecular weight is 290 g/mol. The van der Waals surface area contributed by atoms with Gasteiger partial charge in [-0.2, -0.15) is 5.10 Å². The van der Waals surface area contributed by atoms with Crippen LogP contribution in [-0.4, -0.2) is 15.6 Å². The highest BCUT2D eigenvalue weighted by molar-refractivity contribution is 6.00. The summed E-state index contributed by atoms with van der Waals surface area (Å²) < 4.78 is 0. The molecule has 0 bridgehead atoms. The molecule has 0 aliphatic heterocycles. The second-order valence-corrected chi connectivity index (χ2v) is 4.67. The monoisotopic (exact) mass is 290 g/mol. The van der Waals surface area contributed by atoms with Gasteiger partial charge in [-0.1, -0.05) is 6.08 Å². The maximum Gasteiger partial charge on any atom is 0.301 e. The van der Waals surface area contributed by atoms with Crippen LogP contribution in [0.1, 0.15) is 26.2 Å². The summed E-state index contributed by atoms with van der Waals surface area (Å²) in [7, 11) is 0. The van der Waals surface area contributed by atoms with Gasteiger partial charge in [0.15, 0.2) is 0 Å². The average Bonchev–Trinajstić information content (AvgIpc) is 2.46. The summed E-state index contributed by atoms with van der Waals surface area (Å²) in [4.78, 5) is 20.3. The van der Waals surface area contributed by atoms with E-state index in [9.17, 15) is 20.2 Å². The molecule has 2 rings (SSSR count). The van der Waals surface area contributed by atoms with E-state index in [0.29, 0.717) is 0 Å². The number of nitro benzene ring substituents is 2. The van der Waals surface area contributed by atoms with Gasteiger partial charge < -0.3 is 0 Å². The minimum Gasteiger partial charge on any atom is -0.271 e. The molecule has 0 saturated heterocycles. The third-order valence-electron chi connectivity index (χ3n) is 3.22. The lowest BCUT2D eigenvalue weighted by Crippen LogP contribution is -2.08. The van der Waals surface area contributed by atoms with Crippen LogP contribution in [0.3, 0.4) is 0 Å². The number of allylic oxidation sites excluding steroid dienone is 2. The van der Waals surface area contributed by atoms with Crippen LogP contribution < -0.4 is 5.43 Å². The Morgan fingerprint density at radius 1 is 1.24 bits per heavy atom. The van der Waals surface area contributed by atoms with Crippen LogP contribution in [0.4, 0.5) is 17.1 Å². The Morgan fingerprint density at radius 2 is 2.00 bits per heavy atom. The van der Waals surface area contributed by atoms with Crippen molar-refractivity contribution < 1.29 is 9.85 Å². The summed E-state index contributed by atoms with van der Waals surface area (Å²) in [6, 6.07) is 3.42. The second kappa shape index (κ2) is 6.12. The normalized spacial score (nSPS) is 16.4. The lowest BCUT2D eigenvalue weighted by Gasteiger charge is -2.12. The Morgan fingerprint density at radius 3 is 2.62 bits per heavy atom.